The van der Waals surface area contributed by atoms with E-state index in [1.807, 2.05) is 12.1 Å². The minimum Gasteiger partial charge on any atom is -0.493 e. The first-order valence-corrected chi connectivity index (χ1v) is 6.70. The van der Waals surface area contributed by atoms with E-state index in [0.717, 1.165) is 5.56 Å². The lowest BCUT2D eigenvalue weighted by atomic mass is 10.2. The third-order valence-electron chi connectivity index (χ3n) is 2.62. The van der Waals surface area contributed by atoms with Gasteiger partial charge in [-0.15, -0.1) is 0 Å². The van der Waals surface area contributed by atoms with Crippen LogP contribution in [0.1, 0.15) is 5.56 Å². The van der Waals surface area contributed by atoms with E-state index in [-0.39, 0.29) is 5.56 Å². The normalized spacial score (nSPS) is 10.6. The molecule has 0 aliphatic rings. The summed E-state index contributed by atoms with van der Waals surface area (Å²) in [5.41, 5.74) is 3.59. The highest BCUT2D eigenvalue weighted by atomic mass is 79.9. The van der Waals surface area contributed by atoms with E-state index in [9.17, 15) is 4.79 Å². The Bertz CT molecular complexity index is 715. The van der Waals surface area contributed by atoms with Crippen LogP contribution in [-0.4, -0.2) is 30.6 Å². The molecule has 0 saturated carbocycles. The van der Waals surface area contributed by atoms with Crippen LogP contribution in [0.5, 0.6) is 11.5 Å². The molecule has 0 atom stereocenters. The van der Waals surface area contributed by atoms with Crippen molar-refractivity contribution < 1.29 is 9.47 Å². The molecule has 0 spiro atoms. The van der Waals surface area contributed by atoms with Crippen molar-refractivity contribution in [1.82, 2.24) is 10.2 Å². The highest BCUT2D eigenvalue weighted by Crippen LogP contribution is 2.29. The standard InChI is InChI=1S/C13H13BrN4O3/c1-20-10-5-3-4-8(12(10)21-2)6-15-17-9-7-16-18-13(19)11(9)14/h3-7H,1-2H3,(H2,17,18,19)/b15-6+. The van der Waals surface area contributed by atoms with E-state index < -0.39 is 0 Å². The number of aromatic amines is 1. The van der Waals surface area contributed by atoms with Gasteiger partial charge >= 0.3 is 0 Å². The summed E-state index contributed by atoms with van der Waals surface area (Å²) in [6, 6.07) is 5.45. The zero-order chi connectivity index (χ0) is 15.2. The summed E-state index contributed by atoms with van der Waals surface area (Å²) in [5, 5.41) is 10.0. The van der Waals surface area contributed by atoms with E-state index in [4.69, 9.17) is 9.47 Å². The van der Waals surface area contributed by atoms with Crippen molar-refractivity contribution in [2.75, 3.05) is 19.6 Å². The van der Waals surface area contributed by atoms with Crippen molar-refractivity contribution in [3.63, 3.8) is 0 Å². The van der Waals surface area contributed by atoms with Gasteiger partial charge in [-0.25, -0.2) is 5.10 Å². The summed E-state index contributed by atoms with van der Waals surface area (Å²) >= 11 is 3.15. The van der Waals surface area contributed by atoms with E-state index >= 15 is 0 Å². The molecular weight excluding hydrogens is 340 g/mol. The Morgan fingerprint density at radius 1 is 1.38 bits per heavy atom. The maximum absolute atomic E-state index is 11.4. The van der Waals surface area contributed by atoms with Gasteiger partial charge in [-0.3, -0.25) is 10.2 Å². The van der Waals surface area contributed by atoms with Crippen LogP contribution in [0.2, 0.25) is 0 Å². The lowest BCUT2D eigenvalue weighted by Gasteiger charge is -2.09. The zero-order valence-corrected chi connectivity index (χ0v) is 13.0. The monoisotopic (exact) mass is 352 g/mol. The number of aromatic nitrogens is 2. The van der Waals surface area contributed by atoms with E-state index in [1.165, 1.54) is 6.20 Å². The van der Waals surface area contributed by atoms with Gasteiger partial charge in [0.1, 0.15) is 4.47 Å². The molecule has 1 heterocycles. The largest absolute Gasteiger partial charge is 0.493 e. The highest BCUT2D eigenvalue weighted by molar-refractivity contribution is 9.10. The Kier molecular flexibility index (Phi) is 4.94. The van der Waals surface area contributed by atoms with Gasteiger partial charge in [0.05, 0.1) is 32.3 Å². The molecule has 2 rings (SSSR count). The van der Waals surface area contributed by atoms with Crippen LogP contribution in [-0.2, 0) is 0 Å². The maximum Gasteiger partial charge on any atom is 0.280 e. The Morgan fingerprint density at radius 3 is 2.90 bits per heavy atom. The topological polar surface area (TPSA) is 88.6 Å². The van der Waals surface area contributed by atoms with Crippen LogP contribution < -0.4 is 20.5 Å². The van der Waals surface area contributed by atoms with Crippen molar-refractivity contribution >= 4 is 27.8 Å². The molecule has 0 saturated heterocycles. The molecule has 0 bridgehead atoms. The number of rotatable bonds is 5. The van der Waals surface area contributed by atoms with Gasteiger partial charge in [-0.1, -0.05) is 6.07 Å². The minimum absolute atomic E-state index is 0.326. The first kappa shape index (κ1) is 15.0. The molecule has 2 aromatic rings. The molecule has 8 heteroatoms. The molecule has 0 fully saturated rings. The van der Waals surface area contributed by atoms with Crippen LogP contribution >= 0.6 is 15.9 Å². The SMILES string of the molecule is COc1cccc(/C=N/Nc2cn[nH]c(=O)c2Br)c1OC. The third kappa shape index (κ3) is 3.40. The number of methoxy groups -OCH3 is 2. The number of benzene rings is 1. The molecule has 21 heavy (non-hydrogen) atoms. The summed E-state index contributed by atoms with van der Waals surface area (Å²) in [7, 11) is 3.12. The van der Waals surface area contributed by atoms with Gasteiger partial charge in [0.2, 0.25) is 0 Å². The Labute approximate surface area is 129 Å². The number of hydrazone groups is 1. The second-order valence-electron chi connectivity index (χ2n) is 3.88. The molecule has 110 valence electrons. The van der Waals surface area contributed by atoms with Crippen LogP contribution in [0.4, 0.5) is 5.69 Å². The smallest absolute Gasteiger partial charge is 0.280 e. The van der Waals surface area contributed by atoms with Crippen LogP contribution in [0, 0.1) is 0 Å². The van der Waals surface area contributed by atoms with Gasteiger partial charge in [0.25, 0.3) is 5.56 Å². The van der Waals surface area contributed by atoms with Crippen LogP contribution in [0.15, 0.2) is 38.8 Å². The van der Waals surface area contributed by atoms with Crippen molar-refractivity contribution in [1.29, 1.82) is 0 Å². The molecule has 0 unspecified atom stereocenters. The number of nitrogens with zero attached hydrogens (tertiary/aromatic N) is 2. The minimum atomic E-state index is -0.339. The zero-order valence-electron chi connectivity index (χ0n) is 11.4. The average molecular weight is 353 g/mol. The van der Waals surface area contributed by atoms with Crippen LogP contribution in [0.25, 0.3) is 0 Å². The number of hydrogen-bond donors (Lipinski definition) is 2. The average Bonchev–Trinajstić information content (AvgIpc) is 2.51. The predicted octanol–water partition coefficient (Wildman–Crippen LogP) is 2.00. The molecule has 0 aliphatic carbocycles. The quantitative estimate of drug-likeness (QED) is 0.634. The molecule has 0 radical (unpaired) electrons. The van der Waals surface area contributed by atoms with Gasteiger partial charge in [0.15, 0.2) is 11.5 Å². The third-order valence-corrected chi connectivity index (χ3v) is 3.40. The van der Waals surface area contributed by atoms with E-state index in [1.54, 1.807) is 26.5 Å². The first-order valence-electron chi connectivity index (χ1n) is 5.90. The van der Waals surface area contributed by atoms with E-state index in [0.29, 0.717) is 21.7 Å². The summed E-state index contributed by atoms with van der Waals surface area (Å²) in [5.74, 6) is 1.19. The summed E-state index contributed by atoms with van der Waals surface area (Å²) in [6.45, 7) is 0. The molecule has 0 amide bonds. The van der Waals surface area contributed by atoms with Gasteiger partial charge in [-0.2, -0.15) is 10.2 Å². The van der Waals surface area contributed by atoms with Crippen molar-refractivity contribution in [2.45, 2.75) is 0 Å². The van der Waals surface area contributed by atoms with Crippen molar-refractivity contribution in [2.24, 2.45) is 5.10 Å². The summed E-state index contributed by atoms with van der Waals surface area (Å²) in [6.07, 6.45) is 3.01. The second kappa shape index (κ2) is 6.89. The first-order chi connectivity index (χ1) is 10.2. The number of H-pyrrole nitrogens is 1. The molecule has 0 aliphatic heterocycles. The number of anilines is 1. The maximum atomic E-state index is 11.4. The summed E-state index contributed by atoms with van der Waals surface area (Å²) < 4.78 is 10.8. The Balaban J connectivity index is 2.22. The van der Waals surface area contributed by atoms with Crippen molar-refractivity contribution in [3.8, 4) is 11.5 Å². The molecule has 2 N–H and O–H groups in total. The van der Waals surface area contributed by atoms with Gasteiger partial charge in [-0.05, 0) is 28.1 Å². The fourth-order valence-electron chi connectivity index (χ4n) is 1.65. The molecular formula is C13H13BrN4O3. The number of nitrogens with one attached hydrogen (secondary N) is 2. The Morgan fingerprint density at radius 2 is 2.19 bits per heavy atom. The Hall–Kier alpha value is -2.35. The number of hydrogen-bond acceptors (Lipinski definition) is 6. The fraction of sp³-hybridized carbons (Fsp3) is 0.154. The highest BCUT2D eigenvalue weighted by Gasteiger charge is 2.07. The number of ether oxygens (including phenoxy) is 2. The molecule has 1 aromatic heterocycles. The van der Waals surface area contributed by atoms with Crippen LogP contribution in [0.3, 0.4) is 0 Å². The number of halogens is 1. The fourth-order valence-corrected chi connectivity index (χ4v) is 1.93. The summed E-state index contributed by atoms with van der Waals surface area (Å²) in [4.78, 5) is 11.4. The van der Waals surface area contributed by atoms with E-state index in [2.05, 4.69) is 36.7 Å². The van der Waals surface area contributed by atoms with Crippen molar-refractivity contribution in [3.05, 3.63) is 44.8 Å². The lowest BCUT2D eigenvalue weighted by Crippen LogP contribution is -2.10. The molecule has 1 aromatic carbocycles. The molecule has 7 nitrogen and oxygen atoms in total. The lowest BCUT2D eigenvalue weighted by molar-refractivity contribution is 0.354. The second-order valence-corrected chi connectivity index (χ2v) is 4.67. The van der Waals surface area contributed by atoms with Gasteiger partial charge < -0.3 is 9.47 Å². The number of para-hydroxylation sites is 1. The predicted molar refractivity (Wildman–Crippen MR) is 83.3 cm³/mol. The van der Waals surface area contributed by atoms with Gasteiger partial charge in [0, 0.05) is 5.56 Å².